The van der Waals surface area contributed by atoms with Gasteiger partial charge in [0.2, 0.25) is 0 Å². The third kappa shape index (κ3) is 29.3. The molecule has 0 aliphatic heterocycles. The van der Waals surface area contributed by atoms with Crippen LogP contribution in [0.3, 0.4) is 0 Å². The molecule has 7 aromatic rings. The normalized spacial score (nSPS) is 7.90. The van der Waals surface area contributed by atoms with Crippen LogP contribution in [0.4, 0.5) is 0 Å². The van der Waals surface area contributed by atoms with Crippen molar-refractivity contribution in [3.05, 3.63) is 192 Å². The summed E-state index contributed by atoms with van der Waals surface area (Å²) >= 11 is 0. The first-order valence-corrected chi connectivity index (χ1v) is 21.5. The van der Waals surface area contributed by atoms with Gasteiger partial charge in [-0.2, -0.15) is 0 Å². The maximum Gasteiger partial charge on any atom is -0.0155 e. The Bertz CT molecular complexity index is 1770. The Morgan fingerprint density at radius 2 is 0.586 bits per heavy atom. The molecule has 0 saturated carbocycles. The molecule has 0 aromatic heterocycles. The summed E-state index contributed by atoms with van der Waals surface area (Å²) in [5.41, 5.74) is 7.86. The van der Waals surface area contributed by atoms with Gasteiger partial charge in [0.15, 0.2) is 0 Å². The Kier molecular flexibility index (Phi) is 54.0. The number of rotatable bonds is 1. The zero-order valence-electron chi connectivity index (χ0n) is 39.2. The number of aryl methyl sites for hydroxylation is 4. The van der Waals surface area contributed by atoms with Crippen molar-refractivity contribution in [1.82, 2.24) is 0 Å². The van der Waals surface area contributed by atoms with Gasteiger partial charge in [0.1, 0.15) is 0 Å². The third-order valence-electron chi connectivity index (χ3n) is 7.01. The topological polar surface area (TPSA) is 0 Å². The number of hydrogen-bond acceptors (Lipinski definition) is 0. The van der Waals surface area contributed by atoms with Gasteiger partial charge in [-0.05, 0) is 65.9 Å². The van der Waals surface area contributed by atoms with Gasteiger partial charge in [0.05, 0.1) is 0 Å². The fraction of sp³-hybridized carbons (Fsp3) is 0.345. The van der Waals surface area contributed by atoms with Crippen LogP contribution in [0.2, 0.25) is 0 Å². The van der Waals surface area contributed by atoms with E-state index < -0.39 is 0 Å². The van der Waals surface area contributed by atoms with Crippen molar-refractivity contribution >= 4 is 21.5 Å². The van der Waals surface area contributed by atoms with E-state index >= 15 is 0 Å². The summed E-state index contributed by atoms with van der Waals surface area (Å²) in [5, 5.41) is 5.33. The molecule has 0 N–H and O–H groups in total. The van der Waals surface area contributed by atoms with E-state index in [0.29, 0.717) is 0 Å². The standard InChI is InChI=1S/C13H12.2C11H10.C7H8.7C2H6.2CH4/c1-11-7-9-13(10-8-11)12-5-3-2-4-6-12;1-9-5-4-7-10-6-2-3-8-11(9)10;1-9-6-7-10-4-2-3-5-11(10)8-9;1-7-5-3-2-4-6-7;7*1-2;;/h2-10H,1H3;2*2-8H,1H3;2-6H,1H3;7*1-2H3;2*1H4. The van der Waals surface area contributed by atoms with E-state index in [1.807, 2.05) is 121 Å². The highest BCUT2D eigenvalue weighted by Gasteiger charge is 1.94. The summed E-state index contributed by atoms with van der Waals surface area (Å²) < 4.78 is 0. The van der Waals surface area contributed by atoms with E-state index in [-0.39, 0.29) is 14.9 Å². The Labute approximate surface area is 362 Å². The predicted octanol–water partition coefficient (Wildman–Crippen LogP) is 20.4. The first-order valence-electron chi connectivity index (χ1n) is 21.5. The molecule has 0 saturated heterocycles. The van der Waals surface area contributed by atoms with E-state index in [1.54, 1.807) is 0 Å². The minimum atomic E-state index is 0. The largest absolute Gasteiger partial charge is 0.0776 e. The first kappa shape index (κ1) is 64.9. The van der Waals surface area contributed by atoms with Crippen LogP contribution < -0.4 is 0 Å². The molecule has 0 spiro atoms. The highest BCUT2D eigenvalue weighted by molar-refractivity contribution is 5.85. The van der Waals surface area contributed by atoms with Crippen LogP contribution in [0.5, 0.6) is 0 Å². The van der Waals surface area contributed by atoms with Crippen molar-refractivity contribution in [2.75, 3.05) is 0 Å². The van der Waals surface area contributed by atoms with Crippen LogP contribution in [-0.2, 0) is 0 Å². The highest BCUT2D eigenvalue weighted by atomic mass is 14.0. The van der Waals surface area contributed by atoms with E-state index in [2.05, 4.69) is 173 Å². The monoisotopic (exact) mass is 787 g/mol. The van der Waals surface area contributed by atoms with Gasteiger partial charge >= 0.3 is 0 Å². The van der Waals surface area contributed by atoms with E-state index in [4.69, 9.17) is 0 Å². The minimum absolute atomic E-state index is 0. The predicted molar refractivity (Wildman–Crippen MR) is 278 cm³/mol. The Balaban J connectivity index is -0.000000141. The second-order valence-electron chi connectivity index (χ2n) is 10.5. The van der Waals surface area contributed by atoms with Crippen molar-refractivity contribution in [2.24, 2.45) is 0 Å². The molecule has 0 heteroatoms. The summed E-state index contributed by atoms with van der Waals surface area (Å²) in [5.74, 6) is 0. The average Bonchev–Trinajstić information content (AvgIpc) is 3.30. The van der Waals surface area contributed by atoms with Crippen molar-refractivity contribution < 1.29 is 0 Å². The first-order chi connectivity index (χ1) is 27.5. The van der Waals surface area contributed by atoms with E-state index in [9.17, 15) is 0 Å². The summed E-state index contributed by atoms with van der Waals surface area (Å²) in [7, 11) is 0. The molecule has 0 nitrogen and oxygen atoms in total. The summed E-state index contributed by atoms with van der Waals surface area (Å²) in [4.78, 5) is 0. The minimum Gasteiger partial charge on any atom is -0.0776 e. The van der Waals surface area contributed by atoms with Crippen LogP contribution in [0, 0.1) is 27.7 Å². The zero-order chi connectivity index (χ0) is 43.6. The molecule has 0 aliphatic rings. The van der Waals surface area contributed by atoms with Gasteiger partial charge in [-0.1, -0.05) is 298 Å². The number of benzene rings is 7. The summed E-state index contributed by atoms with van der Waals surface area (Å²) in [6, 6.07) is 59.0. The maximum atomic E-state index is 2.20. The van der Waals surface area contributed by atoms with Crippen LogP contribution in [0.1, 0.15) is 134 Å². The lowest BCUT2D eigenvalue weighted by Crippen LogP contribution is -1.76. The van der Waals surface area contributed by atoms with Crippen LogP contribution in [0.25, 0.3) is 32.7 Å². The smallest absolute Gasteiger partial charge is 0.0155 e. The van der Waals surface area contributed by atoms with Gasteiger partial charge in [-0.25, -0.2) is 0 Å². The second-order valence-corrected chi connectivity index (χ2v) is 10.5. The molecule has 0 heterocycles. The van der Waals surface area contributed by atoms with Gasteiger partial charge in [-0.3, -0.25) is 0 Å². The van der Waals surface area contributed by atoms with E-state index in [0.717, 1.165) is 0 Å². The molecule has 58 heavy (non-hydrogen) atoms. The van der Waals surface area contributed by atoms with Crippen molar-refractivity contribution in [1.29, 1.82) is 0 Å². The fourth-order valence-electron chi connectivity index (χ4n) is 4.61. The highest BCUT2D eigenvalue weighted by Crippen LogP contribution is 2.19. The average molecular weight is 787 g/mol. The van der Waals surface area contributed by atoms with Crippen LogP contribution in [0.15, 0.2) is 170 Å². The Hall–Kier alpha value is -4.94. The summed E-state index contributed by atoms with van der Waals surface area (Å²) in [6.45, 7) is 36.4. The van der Waals surface area contributed by atoms with Crippen molar-refractivity contribution in [3.63, 3.8) is 0 Å². The summed E-state index contributed by atoms with van der Waals surface area (Å²) in [6.07, 6.45) is 0. The Morgan fingerprint density at radius 1 is 0.241 bits per heavy atom. The molecule has 0 amide bonds. The lowest BCUT2D eigenvalue weighted by molar-refractivity contribution is 1.47. The quantitative estimate of drug-likeness (QED) is 0.155. The molecule has 0 aliphatic carbocycles. The third-order valence-corrected chi connectivity index (χ3v) is 7.01. The molecule has 0 unspecified atom stereocenters. The zero-order valence-corrected chi connectivity index (χ0v) is 39.2. The molecule has 0 atom stereocenters. The maximum absolute atomic E-state index is 2.20. The van der Waals surface area contributed by atoms with Gasteiger partial charge in [0, 0.05) is 0 Å². The lowest BCUT2D eigenvalue weighted by atomic mass is 10.0. The van der Waals surface area contributed by atoms with Gasteiger partial charge in [0.25, 0.3) is 0 Å². The molecular formula is C58H90. The van der Waals surface area contributed by atoms with Crippen LogP contribution in [-0.4, -0.2) is 0 Å². The second kappa shape index (κ2) is 48.2. The lowest BCUT2D eigenvalue weighted by Gasteiger charge is -2.00. The van der Waals surface area contributed by atoms with E-state index in [1.165, 1.54) is 54.9 Å². The molecule has 322 valence electrons. The van der Waals surface area contributed by atoms with Crippen molar-refractivity contribution in [3.8, 4) is 11.1 Å². The number of fused-ring (bicyclic) bond motifs is 2. The molecule has 0 fully saturated rings. The molecule has 0 bridgehead atoms. The molecule has 0 radical (unpaired) electrons. The molecule has 7 rings (SSSR count). The SMILES string of the molecule is C.C.CC.CC.CC.CC.CC.CC.CC.Cc1ccc(-c2ccccc2)cc1.Cc1ccc2ccccc2c1.Cc1cccc2ccccc12.Cc1ccccc1. The fourth-order valence-corrected chi connectivity index (χ4v) is 4.61. The molecule has 7 aromatic carbocycles. The Morgan fingerprint density at radius 3 is 1.03 bits per heavy atom. The molecular weight excluding hydrogens is 697 g/mol. The van der Waals surface area contributed by atoms with Gasteiger partial charge < -0.3 is 0 Å². The van der Waals surface area contributed by atoms with Crippen LogP contribution >= 0.6 is 0 Å². The number of hydrogen-bond donors (Lipinski definition) is 0. The van der Waals surface area contributed by atoms with Crippen molar-refractivity contribution in [2.45, 2.75) is 139 Å². The van der Waals surface area contributed by atoms with Gasteiger partial charge in [-0.15, -0.1) is 0 Å².